The predicted molar refractivity (Wildman–Crippen MR) is 42.2 cm³/mol. The van der Waals surface area contributed by atoms with Crippen molar-refractivity contribution in [3.63, 3.8) is 0 Å². The van der Waals surface area contributed by atoms with Gasteiger partial charge in [0, 0.05) is 0 Å². The standard InChI is InChI=1S/C4H3F6NO3S2/c1-15(12)3(7,8)2(5,6)4(9,10)16(13,14)11-15/h1H2,(H,11,12). The lowest BCUT2D eigenvalue weighted by molar-refractivity contribution is -0.245. The van der Waals surface area contributed by atoms with Crippen molar-refractivity contribution in [2.45, 2.75) is 16.4 Å². The second kappa shape index (κ2) is 2.85. The van der Waals surface area contributed by atoms with E-state index in [1.54, 1.807) is 0 Å². The Balaban J connectivity index is 3.70. The van der Waals surface area contributed by atoms with Gasteiger partial charge in [0.25, 0.3) is 10.0 Å². The Morgan fingerprint density at radius 3 is 1.62 bits per heavy atom. The molecular weight excluding hydrogens is 288 g/mol. The lowest BCUT2D eigenvalue weighted by Crippen LogP contribution is -2.70. The first kappa shape index (κ1) is 13.6. The van der Waals surface area contributed by atoms with E-state index in [4.69, 9.17) is 0 Å². The molecular formula is C4H3F6NO3S2. The minimum absolute atomic E-state index is 0.277. The predicted octanol–water partition coefficient (Wildman–Crippen LogP) is 0.372. The molecule has 1 heterocycles. The van der Waals surface area contributed by atoms with Gasteiger partial charge in [-0.1, -0.05) is 0 Å². The average molecular weight is 291 g/mol. The largest absolute Gasteiger partial charge is 0.428 e. The Morgan fingerprint density at radius 2 is 1.25 bits per heavy atom. The fourth-order valence-corrected chi connectivity index (χ4v) is 4.15. The van der Waals surface area contributed by atoms with Crippen LogP contribution in [-0.2, 0) is 19.7 Å². The first-order valence-corrected chi connectivity index (χ1v) is 6.45. The lowest BCUT2D eigenvalue weighted by atomic mass is 10.3. The summed E-state index contributed by atoms with van der Waals surface area (Å²) in [7, 11) is -11.6. The molecule has 96 valence electrons. The van der Waals surface area contributed by atoms with E-state index in [1.807, 2.05) is 5.87 Å². The van der Waals surface area contributed by atoms with Crippen LogP contribution in [0, 0.1) is 0 Å². The van der Waals surface area contributed by atoms with Crippen LogP contribution >= 0.6 is 0 Å². The van der Waals surface area contributed by atoms with Crippen molar-refractivity contribution in [2.75, 3.05) is 0 Å². The molecule has 0 spiro atoms. The maximum atomic E-state index is 12.7. The van der Waals surface area contributed by atoms with Crippen LogP contribution in [0.2, 0.25) is 0 Å². The average Bonchev–Trinajstić information content (AvgIpc) is 1.98. The number of hydrogen-bond donors (Lipinski definition) is 1. The second-order valence-corrected chi connectivity index (χ2v) is 6.92. The summed E-state index contributed by atoms with van der Waals surface area (Å²) in [6.45, 7) is 0. The summed E-state index contributed by atoms with van der Waals surface area (Å²) in [5, 5.41) is -11.9. The van der Waals surface area contributed by atoms with E-state index in [-0.39, 0.29) is 4.13 Å². The molecule has 16 heavy (non-hydrogen) atoms. The van der Waals surface area contributed by atoms with Crippen LogP contribution in [0.1, 0.15) is 0 Å². The smallest absolute Gasteiger partial charge is 0.246 e. The number of rotatable bonds is 0. The summed E-state index contributed by atoms with van der Waals surface area (Å²) in [4.78, 5) is 0. The van der Waals surface area contributed by atoms with Gasteiger partial charge in [0.05, 0.1) is 0 Å². The van der Waals surface area contributed by atoms with Gasteiger partial charge in [-0.2, -0.15) is 26.3 Å². The quantitative estimate of drug-likeness (QED) is 0.518. The number of sulfonamides is 1. The zero-order valence-electron chi connectivity index (χ0n) is 7.02. The SMILES string of the molecule is C=S1(=O)NS(=O)(=O)C(F)(F)C(F)(F)C1(F)F. The summed E-state index contributed by atoms with van der Waals surface area (Å²) in [5.74, 6) is -4.30. The monoisotopic (exact) mass is 291 g/mol. The van der Waals surface area contributed by atoms with Crippen molar-refractivity contribution in [3.8, 4) is 0 Å². The fraction of sp³-hybridized carbons (Fsp3) is 0.750. The van der Waals surface area contributed by atoms with Gasteiger partial charge < -0.3 is 0 Å². The molecule has 1 rings (SSSR count). The van der Waals surface area contributed by atoms with Crippen LogP contribution in [-0.4, -0.2) is 34.9 Å². The summed E-state index contributed by atoms with van der Waals surface area (Å²) in [5.41, 5.74) is 0. The van der Waals surface area contributed by atoms with Crippen molar-refractivity contribution in [3.05, 3.63) is 0 Å². The highest BCUT2D eigenvalue weighted by Crippen LogP contribution is 2.53. The zero-order valence-corrected chi connectivity index (χ0v) is 8.65. The molecule has 1 fully saturated rings. The number of halogens is 6. The van der Waals surface area contributed by atoms with E-state index in [0.717, 1.165) is 0 Å². The molecule has 1 unspecified atom stereocenters. The highest BCUT2D eigenvalue weighted by molar-refractivity contribution is 8.11. The molecule has 1 atom stereocenters. The zero-order chi connectivity index (χ0) is 13.2. The molecule has 0 aromatic carbocycles. The van der Waals surface area contributed by atoms with Gasteiger partial charge in [-0.3, -0.25) is 0 Å². The first-order chi connectivity index (χ1) is 6.71. The van der Waals surface area contributed by atoms with E-state index >= 15 is 0 Å². The van der Waals surface area contributed by atoms with E-state index in [0.29, 0.717) is 0 Å². The van der Waals surface area contributed by atoms with Crippen LogP contribution in [0.15, 0.2) is 0 Å². The third kappa shape index (κ3) is 1.23. The van der Waals surface area contributed by atoms with Crippen LogP contribution in [0.5, 0.6) is 0 Å². The van der Waals surface area contributed by atoms with E-state index in [1.165, 1.54) is 0 Å². The number of alkyl halides is 6. The normalized spacial score (nSPS) is 39.1. The molecule has 0 amide bonds. The summed E-state index contributed by atoms with van der Waals surface area (Å²) in [6.07, 6.45) is 0. The molecule has 0 aliphatic carbocycles. The Hall–Kier alpha value is -0.490. The summed E-state index contributed by atoms with van der Waals surface area (Å²) in [6, 6.07) is 0. The van der Waals surface area contributed by atoms with Gasteiger partial charge in [0.1, 0.15) is 9.71 Å². The van der Waals surface area contributed by atoms with Gasteiger partial charge in [-0.05, 0) is 5.87 Å². The summed E-state index contributed by atoms with van der Waals surface area (Å²) < 4.78 is 108. The molecule has 4 nitrogen and oxygen atoms in total. The summed E-state index contributed by atoms with van der Waals surface area (Å²) >= 11 is 0. The maximum absolute atomic E-state index is 12.7. The molecule has 0 saturated carbocycles. The maximum Gasteiger partial charge on any atom is 0.428 e. The molecule has 0 aromatic heterocycles. The molecule has 1 saturated heterocycles. The molecule has 1 N–H and O–H groups in total. The van der Waals surface area contributed by atoms with Crippen molar-refractivity contribution in [1.29, 1.82) is 0 Å². The van der Waals surface area contributed by atoms with Crippen molar-refractivity contribution >= 4 is 25.6 Å². The topological polar surface area (TPSA) is 63.2 Å². The van der Waals surface area contributed by atoms with Crippen molar-refractivity contribution < 1.29 is 39.0 Å². The van der Waals surface area contributed by atoms with E-state index in [9.17, 15) is 39.0 Å². The Labute approximate surface area is 85.8 Å². The van der Waals surface area contributed by atoms with Crippen LogP contribution in [0.25, 0.3) is 0 Å². The van der Waals surface area contributed by atoms with Gasteiger partial charge in [-0.25, -0.2) is 12.6 Å². The molecule has 0 aromatic rings. The van der Waals surface area contributed by atoms with E-state index in [2.05, 4.69) is 0 Å². The second-order valence-electron chi connectivity index (χ2n) is 2.87. The van der Waals surface area contributed by atoms with Crippen LogP contribution < -0.4 is 4.13 Å². The van der Waals surface area contributed by atoms with Gasteiger partial charge in [-0.15, -0.1) is 4.13 Å². The third-order valence-electron chi connectivity index (χ3n) is 1.73. The Bertz CT molecular complexity index is 474. The molecule has 0 radical (unpaired) electrons. The molecule has 12 heteroatoms. The third-order valence-corrected chi connectivity index (χ3v) is 5.70. The Morgan fingerprint density at radius 1 is 0.875 bits per heavy atom. The highest BCUT2D eigenvalue weighted by Gasteiger charge is 2.84. The van der Waals surface area contributed by atoms with Crippen LogP contribution in [0.4, 0.5) is 26.3 Å². The van der Waals surface area contributed by atoms with Crippen molar-refractivity contribution in [1.82, 2.24) is 4.13 Å². The fourth-order valence-electron chi connectivity index (χ4n) is 0.827. The highest BCUT2D eigenvalue weighted by atomic mass is 32.3. The number of nitrogens with one attached hydrogen (secondary N) is 1. The molecule has 1 aliphatic rings. The van der Waals surface area contributed by atoms with Gasteiger partial charge in [0.2, 0.25) is 0 Å². The van der Waals surface area contributed by atoms with Gasteiger partial charge >= 0.3 is 16.4 Å². The van der Waals surface area contributed by atoms with Gasteiger partial charge in [0.15, 0.2) is 0 Å². The van der Waals surface area contributed by atoms with Crippen LogP contribution in [0.3, 0.4) is 0 Å². The molecule has 0 bridgehead atoms. The lowest BCUT2D eigenvalue weighted by Gasteiger charge is -2.38. The minimum atomic E-state index is -6.32. The van der Waals surface area contributed by atoms with Crippen molar-refractivity contribution in [2.24, 2.45) is 0 Å². The van der Waals surface area contributed by atoms with E-state index < -0.39 is 36.2 Å². The number of hydrogen-bond acceptors (Lipinski definition) is 3. The molecule has 1 aliphatic heterocycles. The minimum Gasteiger partial charge on any atom is -0.246 e. The first-order valence-electron chi connectivity index (χ1n) is 3.24. The Kier molecular flexibility index (Phi) is 2.41.